The quantitative estimate of drug-likeness (QED) is 0.875. The van der Waals surface area contributed by atoms with Crippen LogP contribution in [0.3, 0.4) is 0 Å². The predicted octanol–water partition coefficient (Wildman–Crippen LogP) is 1.75. The third-order valence-corrected chi connectivity index (χ3v) is 3.71. The lowest BCUT2D eigenvalue weighted by Gasteiger charge is -2.23. The van der Waals surface area contributed by atoms with Crippen molar-refractivity contribution in [2.24, 2.45) is 0 Å². The van der Waals surface area contributed by atoms with Gasteiger partial charge in [0.15, 0.2) is 0 Å². The fourth-order valence-corrected chi connectivity index (χ4v) is 2.35. The highest BCUT2D eigenvalue weighted by atomic mass is 79.9. The first kappa shape index (κ1) is 12.4. The second-order valence-corrected chi connectivity index (χ2v) is 5.00. The molecule has 1 aliphatic rings. The molecule has 1 saturated heterocycles. The molecule has 1 heterocycles. The fraction of sp³-hybridized carbons (Fsp3) is 0.417. The van der Waals surface area contributed by atoms with E-state index in [1.807, 2.05) is 0 Å². The smallest absolute Gasteiger partial charge is 0.254 e. The predicted molar refractivity (Wildman–Crippen MR) is 67.0 cm³/mol. The van der Waals surface area contributed by atoms with Crippen molar-refractivity contribution in [2.45, 2.75) is 18.9 Å². The van der Waals surface area contributed by atoms with Crippen LogP contribution < -0.4 is 0 Å². The molecule has 1 unspecified atom stereocenters. The van der Waals surface area contributed by atoms with Crippen LogP contribution in [-0.4, -0.2) is 40.2 Å². The van der Waals surface area contributed by atoms with Crippen LogP contribution in [-0.2, 0) is 0 Å². The lowest BCUT2D eigenvalue weighted by Crippen LogP contribution is -2.37. The van der Waals surface area contributed by atoms with Crippen molar-refractivity contribution < 1.29 is 15.0 Å². The lowest BCUT2D eigenvalue weighted by atomic mass is 10.1. The average Bonchev–Trinajstić information content (AvgIpc) is 2.80. The van der Waals surface area contributed by atoms with Gasteiger partial charge in [-0.25, -0.2) is 0 Å². The first-order chi connectivity index (χ1) is 8.13. The van der Waals surface area contributed by atoms with E-state index < -0.39 is 0 Å². The first-order valence-electron chi connectivity index (χ1n) is 5.54. The molecule has 4 nitrogen and oxygen atoms in total. The minimum Gasteiger partial charge on any atom is -0.507 e. The van der Waals surface area contributed by atoms with Crippen LogP contribution >= 0.6 is 15.9 Å². The van der Waals surface area contributed by atoms with Gasteiger partial charge in [0.2, 0.25) is 0 Å². The molecule has 0 bridgehead atoms. The van der Waals surface area contributed by atoms with Gasteiger partial charge in [-0.3, -0.25) is 4.79 Å². The molecular formula is C12H14BrNO3. The zero-order valence-electron chi connectivity index (χ0n) is 9.27. The number of carbonyl (C=O) groups excluding carboxylic acids is 1. The second kappa shape index (κ2) is 5.06. The number of hydrogen-bond acceptors (Lipinski definition) is 3. The summed E-state index contributed by atoms with van der Waals surface area (Å²) >= 11 is 3.17. The van der Waals surface area contributed by atoms with E-state index in [0.29, 0.717) is 16.6 Å². The second-order valence-electron chi connectivity index (χ2n) is 4.14. The van der Waals surface area contributed by atoms with E-state index in [1.165, 1.54) is 6.07 Å². The Kier molecular flexibility index (Phi) is 3.69. The van der Waals surface area contributed by atoms with Crippen molar-refractivity contribution >= 4 is 21.8 Å². The number of amides is 1. The molecular weight excluding hydrogens is 286 g/mol. The fourth-order valence-electron chi connectivity index (χ4n) is 2.10. The van der Waals surface area contributed by atoms with Crippen LogP contribution in [0.25, 0.3) is 0 Å². The highest BCUT2D eigenvalue weighted by Gasteiger charge is 2.28. The summed E-state index contributed by atoms with van der Waals surface area (Å²) in [7, 11) is 0. The number of rotatable bonds is 2. The summed E-state index contributed by atoms with van der Waals surface area (Å²) in [4.78, 5) is 13.8. The van der Waals surface area contributed by atoms with Crippen LogP contribution in [0, 0.1) is 0 Å². The molecule has 17 heavy (non-hydrogen) atoms. The van der Waals surface area contributed by atoms with Crippen molar-refractivity contribution in [2.75, 3.05) is 13.2 Å². The molecule has 5 heteroatoms. The standard InChI is InChI=1S/C12H14BrNO3/c13-10-4-3-8(6-11(10)16)12(17)14-5-1-2-9(14)7-15/h3-4,6,9,15-16H,1-2,5,7H2. The maximum atomic E-state index is 12.2. The zero-order valence-corrected chi connectivity index (χ0v) is 10.9. The van der Waals surface area contributed by atoms with Gasteiger partial charge < -0.3 is 15.1 Å². The number of likely N-dealkylation sites (tertiary alicyclic amines) is 1. The topological polar surface area (TPSA) is 60.8 Å². The molecule has 2 rings (SSSR count). The maximum Gasteiger partial charge on any atom is 0.254 e. The third-order valence-electron chi connectivity index (χ3n) is 3.04. The monoisotopic (exact) mass is 299 g/mol. The van der Waals surface area contributed by atoms with Gasteiger partial charge in [0, 0.05) is 12.1 Å². The van der Waals surface area contributed by atoms with E-state index in [0.717, 1.165) is 12.8 Å². The normalized spacial score (nSPS) is 19.6. The first-order valence-corrected chi connectivity index (χ1v) is 6.33. The Morgan fingerprint density at radius 3 is 2.94 bits per heavy atom. The number of halogens is 1. The number of phenols is 1. The number of aliphatic hydroxyl groups is 1. The summed E-state index contributed by atoms with van der Waals surface area (Å²) in [5, 5.41) is 18.7. The van der Waals surface area contributed by atoms with Crippen molar-refractivity contribution in [3.63, 3.8) is 0 Å². The van der Waals surface area contributed by atoms with Crippen molar-refractivity contribution in [1.82, 2.24) is 4.90 Å². The van der Waals surface area contributed by atoms with Crippen LogP contribution in [0.4, 0.5) is 0 Å². The number of nitrogens with zero attached hydrogens (tertiary/aromatic N) is 1. The molecule has 92 valence electrons. The molecule has 1 aliphatic heterocycles. The Bertz CT molecular complexity index is 436. The van der Waals surface area contributed by atoms with Crippen molar-refractivity contribution in [3.05, 3.63) is 28.2 Å². The van der Waals surface area contributed by atoms with Crippen molar-refractivity contribution in [1.29, 1.82) is 0 Å². The Labute approximate surface area is 108 Å². The molecule has 0 aliphatic carbocycles. The van der Waals surface area contributed by atoms with E-state index in [4.69, 9.17) is 0 Å². The molecule has 1 aromatic rings. The molecule has 2 N–H and O–H groups in total. The molecule has 0 radical (unpaired) electrons. The molecule has 1 fully saturated rings. The van der Waals surface area contributed by atoms with E-state index in [2.05, 4.69) is 15.9 Å². The zero-order chi connectivity index (χ0) is 12.4. The number of carbonyl (C=O) groups is 1. The minimum atomic E-state index is -0.135. The number of hydrogen-bond donors (Lipinski definition) is 2. The summed E-state index contributed by atoms with van der Waals surface area (Å²) in [5.74, 6) is -0.0834. The lowest BCUT2D eigenvalue weighted by molar-refractivity contribution is 0.0677. The van der Waals surface area contributed by atoms with Gasteiger partial charge in [0.25, 0.3) is 5.91 Å². The van der Waals surface area contributed by atoms with Gasteiger partial charge in [0.1, 0.15) is 5.75 Å². The number of benzene rings is 1. The maximum absolute atomic E-state index is 12.2. The number of aliphatic hydroxyl groups excluding tert-OH is 1. The van der Waals surface area contributed by atoms with Gasteiger partial charge in [-0.05, 0) is 47.0 Å². The van der Waals surface area contributed by atoms with Gasteiger partial charge in [-0.15, -0.1) is 0 Å². The number of aromatic hydroxyl groups is 1. The molecule has 1 atom stereocenters. The van der Waals surface area contributed by atoms with Gasteiger partial charge in [-0.2, -0.15) is 0 Å². The summed E-state index contributed by atoms with van der Waals surface area (Å²) in [6.45, 7) is 0.662. The summed E-state index contributed by atoms with van der Waals surface area (Å²) in [5.41, 5.74) is 0.450. The Morgan fingerprint density at radius 2 is 2.29 bits per heavy atom. The molecule has 1 aromatic carbocycles. The van der Waals surface area contributed by atoms with Crippen molar-refractivity contribution in [3.8, 4) is 5.75 Å². The molecule has 0 spiro atoms. The minimum absolute atomic E-state index is 0.00570. The van der Waals surface area contributed by atoms with Gasteiger partial charge >= 0.3 is 0 Å². The van der Waals surface area contributed by atoms with Gasteiger partial charge in [0.05, 0.1) is 17.1 Å². The third kappa shape index (κ3) is 2.45. The number of phenolic OH excluding ortho intramolecular Hbond substituents is 1. The van der Waals surface area contributed by atoms with Crippen LogP contribution in [0.5, 0.6) is 5.75 Å². The van der Waals surface area contributed by atoms with Crippen LogP contribution in [0.2, 0.25) is 0 Å². The average molecular weight is 300 g/mol. The molecule has 0 aromatic heterocycles. The van der Waals surface area contributed by atoms with Gasteiger partial charge in [-0.1, -0.05) is 0 Å². The Morgan fingerprint density at radius 1 is 1.53 bits per heavy atom. The summed E-state index contributed by atoms with van der Waals surface area (Å²) in [6.07, 6.45) is 1.75. The molecule has 1 amide bonds. The highest BCUT2D eigenvalue weighted by Crippen LogP contribution is 2.26. The Hall–Kier alpha value is -1.07. The van der Waals surface area contributed by atoms with E-state index >= 15 is 0 Å². The van der Waals surface area contributed by atoms with E-state index in [-0.39, 0.29) is 24.3 Å². The summed E-state index contributed by atoms with van der Waals surface area (Å²) in [6, 6.07) is 4.67. The Balaban J connectivity index is 2.21. The van der Waals surface area contributed by atoms with Crippen LogP contribution in [0.15, 0.2) is 22.7 Å². The van der Waals surface area contributed by atoms with E-state index in [1.54, 1.807) is 17.0 Å². The van der Waals surface area contributed by atoms with E-state index in [9.17, 15) is 15.0 Å². The largest absolute Gasteiger partial charge is 0.507 e. The highest BCUT2D eigenvalue weighted by molar-refractivity contribution is 9.10. The summed E-state index contributed by atoms with van der Waals surface area (Å²) < 4.78 is 0.564. The van der Waals surface area contributed by atoms with Crippen LogP contribution in [0.1, 0.15) is 23.2 Å². The SMILES string of the molecule is O=C(c1ccc(Br)c(O)c1)N1CCCC1CO. The molecule has 0 saturated carbocycles.